The Morgan fingerprint density at radius 3 is 2.31 bits per heavy atom. The van der Waals surface area contributed by atoms with Crippen molar-refractivity contribution in [3.05, 3.63) is 34.8 Å². The number of carbonyl (C=O) groups excluding carboxylic acids is 4. The topological polar surface area (TPSA) is 93.9 Å². The fraction of sp³-hybridized carbons (Fsp3) is 0.719. The summed E-state index contributed by atoms with van der Waals surface area (Å²) in [6, 6.07) is 0. The van der Waals surface area contributed by atoms with Gasteiger partial charge >= 0.3 is 5.97 Å². The molecule has 1 heterocycles. The van der Waals surface area contributed by atoms with E-state index in [2.05, 4.69) is 37.9 Å². The van der Waals surface area contributed by atoms with Gasteiger partial charge in [-0.3, -0.25) is 14.4 Å². The first kappa shape index (κ1) is 26.5. The van der Waals surface area contributed by atoms with Crippen LogP contribution in [0.15, 0.2) is 23.4 Å². The van der Waals surface area contributed by atoms with Crippen LogP contribution in [0.25, 0.3) is 4.85 Å². The molecule has 7 nitrogen and oxygen atoms in total. The molecule has 3 saturated carbocycles. The van der Waals surface area contributed by atoms with Crippen molar-refractivity contribution in [2.75, 3.05) is 7.05 Å². The normalized spacial score (nSPS) is 49.2. The Balaban J connectivity index is 1.60. The Morgan fingerprint density at radius 2 is 1.67 bits per heavy atom. The third-order valence-corrected chi connectivity index (χ3v) is 13.1. The van der Waals surface area contributed by atoms with E-state index in [0.717, 1.165) is 24.8 Å². The first-order chi connectivity index (χ1) is 18.0. The van der Waals surface area contributed by atoms with Crippen LogP contribution in [0.3, 0.4) is 0 Å². The van der Waals surface area contributed by atoms with E-state index in [1.165, 1.54) is 7.05 Å². The molecule has 0 aromatic heterocycles. The average molecular weight is 533 g/mol. The smallest absolute Gasteiger partial charge is 0.313 e. The first-order valence-corrected chi connectivity index (χ1v) is 14.4. The monoisotopic (exact) mass is 532 g/mol. The Kier molecular flexibility index (Phi) is 4.96. The number of fused-ring (bicyclic) bond motifs is 4. The quantitative estimate of drug-likeness (QED) is 0.293. The highest BCUT2D eigenvalue weighted by Gasteiger charge is 2.82. The van der Waals surface area contributed by atoms with Crippen molar-refractivity contribution in [2.24, 2.45) is 44.3 Å². The van der Waals surface area contributed by atoms with E-state index in [-0.39, 0.29) is 28.8 Å². The van der Waals surface area contributed by atoms with E-state index in [4.69, 9.17) is 11.3 Å². The zero-order chi connectivity index (χ0) is 28.6. The number of allylic oxidation sites excluding steroid dienone is 3. The van der Waals surface area contributed by atoms with Crippen LogP contribution in [0.5, 0.6) is 0 Å². The summed E-state index contributed by atoms with van der Waals surface area (Å²) >= 11 is 0. The Bertz CT molecular complexity index is 1370. The van der Waals surface area contributed by atoms with Gasteiger partial charge in [0.05, 0.1) is 12.0 Å². The molecule has 2 bridgehead atoms. The summed E-state index contributed by atoms with van der Waals surface area (Å²) in [5.74, 6) is -1.80. The van der Waals surface area contributed by atoms with Crippen LogP contribution in [0, 0.1) is 50.9 Å². The van der Waals surface area contributed by atoms with Gasteiger partial charge in [-0.25, -0.2) is 4.85 Å². The molecule has 4 fully saturated rings. The van der Waals surface area contributed by atoms with Crippen LogP contribution in [0.2, 0.25) is 0 Å². The van der Waals surface area contributed by atoms with Gasteiger partial charge in [0.1, 0.15) is 5.41 Å². The Hall–Kier alpha value is -2.75. The van der Waals surface area contributed by atoms with Crippen LogP contribution in [-0.4, -0.2) is 36.1 Å². The van der Waals surface area contributed by atoms with Crippen molar-refractivity contribution in [1.82, 2.24) is 5.32 Å². The largest absolute Gasteiger partial charge is 0.449 e. The summed E-state index contributed by atoms with van der Waals surface area (Å²) in [7, 11) is 1.52. The second kappa shape index (κ2) is 7.30. The predicted octanol–water partition coefficient (Wildman–Crippen LogP) is 4.96. The third-order valence-electron chi connectivity index (χ3n) is 13.1. The number of Topliss-reactive ketones (excluding diaryl/α,β-unsaturated/α-hetero) is 1. The lowest BCUT2D eigenvalue weighted by Crippen LogP contribution is -2.72. The zero-order valence-electron chi connectivity index (χ0n) is 24.2. The lowest BCUT2D eigenvalue weighted by molar-refractivity contribution is -0.206. The average Bonchev–Trinajstić information content (AvgIpc) is 3.07. The number of amides is 1. The van der Waals surface area contributed by atoms with E-state index >= 15 is 0 Å². The van der Waals surface area contributed by atoms with Crippen molar-refractivity contribution in [1.29, 1.82) is 0 Å². The van der Waals surface area contributed by atoms with Crippen molar-refractivity contribution in [3.8, 4) is 0 Å². The number of esters is 1. The van der Waals surface area contributed by atoms with E-state index in [1.807, 2.05) is 6.92 Å². The molecule has 6 rings (SSSR count). The summed E-state index contributed by atoms with van der Waals surface area (Å²) < 4.78 is 6.45. The number of carbonyl (C=O) groups is 4. The van der Waals surface area contributed by atoms with Crippen LogP contribution in [0.1, 0.15) is 86.5 Å². The molecule has 1 aliphatic heterocycles. The van der Waals surface area contributed by atoms with Crippen molar-refractivity contribution in [2.45, 2.75) is 92.1 Å². The van der Waals surface area contributed by atoms with Gasteiger partial charge in [0.2, 0.25) is 11.6 Å². The molecule has 0 aromatic carbocycles. The Morgan fingerprint density at radius 1 is 1.00 bits per heavy atom. The molecule has 1 amide bonds. The van der Waals surface area contributed by atoms with E-state index in [1.54, 1.807) is 19.1 Å². The predicted molar refractivity (Wildman–Crippen MR) is 144 cm³/mol. The summed E-state index contributed by atoms with van der Waals surface area (Å²) in [5.41, 5.74) is -4.44. The highest BCUT2D eigenvalue weighted by molar-refractivity contribution is 6.15. The summed E-state index contributed by atoms with van der Waals surface area (Å²) in [6.45, 7) is 20.2. The summed E-state index contributed by atoms with van der Waals surface area (Å²) in [5, 5.41) is 2.67. The van der Waals surface area contributed by atoms with Gasteiger partial charge in [-0.1, -0.05) is 46.3 Å². The van der Waals surface area contributed by atoms with Crippen LogP contribution in [-0.2, 0) is 23.9 Å². The minimum atomic E-state index is -1.42. The minimum absolute atomic E-state index is 0.00847. The van der Waals surface area contributed by atoms with E-state index in [9.17, 15) is 19.2 Å². The van der Waals surface area contributed by atoms with Gasteiger partial charge in [0.15, 0.2) is 17.2 Å². The van der Waals surface area contributed by atoms with Gasteiger partial charge in [-0.2, -0.15) is 0 Å². The summed E-state index contributed by atoms with van der Waals surface area (Å²) in [6.07, 6.45) is 8.54. The van der Waals surface area contributed by atoms with Crippen molar-refractivity contribution < 1.29 is 23.9 Å². The van der Waals surface area contributed by atoms with Gasteiger partial charge in [0, 0.05) is 23.8 Å². The molecule has 7 heteroatoms. The highest BCUT2D eigenvalue weighted by Crippen LogP contribution is 2.78. The number of hydrogen-bond acceptors (Lipinski definition) is 5. The van der Waals surface area contributed by atoms with E-state index < -0.39 is 50.3 Å². The van der Waals surface area contributed by atoms with Crippen molar-refractivity contribution >= 4 is 23.4 Å². The molecule has 39 heavy (non-hydrogen) atoms. The fourth-order valence-corrected chi connectivity index (χ4v) is 10.6. The minimum Gasteiger partial charge on any atom is -0.449 e. The maximum Gasteiger partial charge on any atom is 0.313 e. The molecule has 6 aliphatic rings. The molecule has 0 unspecified atom stereocenters. The molecule has 0 aromatic rings. The summed E-state index contributed by atoms with van der Waals surface area (Å²) in [4.78, 5) is 58.7. The number of hydrogen-bond donors (Lipinski definition) is 1. The van der Waals surface area contributed by atoms with Crippen LogP contribution in [0.4, 0.5) is 0 Å². The molecule has 1 spiro atoms. The second-order valence-corrected chi connectivity index (χ2v) is 14.9. The molecule has 208 valence electrons. The maximum atomic E-state index is 14.6. The lowest BCUT2D eigenvalue weighted by atomic mass is 9.33. The highest BCUT2D eigenvalue weighted by atomic mass is 16.6. The van der Waals surface area contributed by atoms with Gasteiger partial charge in [-0.05, 0) is 74.7 Å². The number of ether oxygens (including phenoxy) is 1. The molecule has 8 atom stereocenters. The number of nitrogens with zero attached hydrogens (tertiary/aromatic N) is 1. The zero-order valence-corrected chi connectivity index (χ0v) is 24.2. The van der Waals surface area contributed by atoms with Crippen LogP contribution >= 0.6 is 0 Å². The first-order valence-electron chi connectivity index (χ1n) is 14.4. The standard InChI is InChI=1S/C32H40N2O5/c1-26(2)11-13-31-14-12-29(5)28(4)10-9-19-27(3,16-18(33-7)23(36)30(19,6)24(37)34-8)20(28)15-22(35)32(29,21(31)17-26)39-25(31)38/h15-16,19,21H,9-14,17H2,1-6,8H3,(H,34,37)/t19-,21-,27+,28-,29+,30+,31+,32-/m1/s1. The SMILES string of the molecule is [C-]#[N+]C1=C[C@]2(C)C3=CC(=O)[C@]45OC(=O)[C@@]6(CCC(C)(C)C[C@H]64)CC[C@@]5(C)[C@]3(C)CC[C@H]2[C@](C)(C(=O)NC)C1=O. The lowest BCUT2D eigenvalue weighted by Gasteiger charge is -2.69. The molecule has 0 radical (unpaired) electrons. The van der Waals surface area contributed by atoms with E-state index in [0.29, 0.717) is 25.7 Å². The van der Waals surface area contributed by atoms with Gasteiger partial charge in [0.25, 0.3) is 0 Å². The maximum absolute atomic E-state index is 14.6. The molecule has 1 N–H and O–H groups in total. The second-order valence-electron chi connectivity index (χ2n) is 14.9. The van der Waals surface area contributed by atoms with Gasteiger partial charge in [-0.15, -0.1) is 0 Å². The van der Waals surface area contributed by atoms with Crippen molar-refractivity contribution in [3.63, 3.8) is 0 Å². The Labute approximate surface area is 231 Å². The third kappa shape index (κ3) is 2.61. The van der Waals surface area contributed by atoms with Crippen LogP contribution < -0.4 is 5.32 Å². The molecule has 1 saturated heterocycles. The fourth-order valence-electron chi connectivity index (χ4n) is 10.6. The van der Waals surface area contributed by atoms with Gasteiger partial charge < -0.3 is 14.8 Å². The number of ketones is 2. The molecular formula is C32H40N2O5. The number of rotatable bonds is 1. The number of nitrogens with one attached hydrogen (secondary N) is 1. The molecular weight excluding hydrogens is 492 g/mol. The molecule has 5 aliphatic carbocycles.